The number of hydrogen-bond acceptors (Lipinski definition) is 5. The number of hydrogen-bond donors (Lipinski definition) is 1. The van der Waals surface area contributed by atoms with E-state index in [1.807, 2.05) is 37.3 Å². The Labute approximate surface area is 170 Å². The number of ether oxygens (including phenoxy) is 1. The molecule has 7 heteroatoms. The van der Waals surface area contributed by atoms with E-state index in [-0.39, 0.29) is 29.9 Å². The van der Waals surface area contributed by atoms with Crippen molar-refractivity contribution in [2.75, 3.05) is 12.9 Å². The molecular weight excluding hydrogens is 374 g/mol. The van der Waals surface area contributed by atoms with E-state index in [4.69, 9.17) is 4.74 Å². The largest absolute Gasteiger partial charge is 0.378 e. The van der Waals surface area contributed by atoms with Crippen molar-refractivity contribution in [1.82, 2.24) is 14.9 Å². The van der Waals surface area contributed by atoms with Gasteiger partial charge in [0.2, 0.25) is 5.91 Å². The summed E-state index contributed by atoms with van der Waals surface area (Å²) in [5.41, 5.74) is 2.18. The van der Waals surface area contributed by atoms with Crippen molar-refractivity contribution in [2.45, 2.75) is 45.0 Å². The van der Waals surface area contributed by atoms with Gasteiger partial charge in [0.15, 0.2) is 5.16 Å². The number of carbonyl (C=O) groups is 1. The first-order chi connectivity index (χ1) is 13.3. The van der Waals surface area contributed by atoms with Crippen LogP contribution in [0.5, 0.6) is 0 Å². The van der Waals surface area contributed by atoms with Gasteiger partial charge in [-0.05, 0) is 18.4 Å². The lowest BCUT2D eigenvalue weighted by Gasteiger charge is -2.17. The fraction of sp³-hybridized carbons (Fsp3) is 0.476. The number of nitrogens with zero attached hydrogens (tertiary/aromatic N) is 2. The van der Waals surface area contributed by atoms with Gasteiger partial charge >= 0.3 is 0 Å². The van der Waals surface area contributed by atoms with Gasteiger partial charge in [0.1, 0.15) is 0 Å². The van der Waals surface area contributed by atoms with Crippen LogP contribution in [0.2, 0.25) is 0 Å². The van der Waals surface area contributed by atoms with Crippen molar-refractivity contribution < 1.29 is 9.53 Å². The minimum Gasteiger partial charge on any atom is -0.378 e. The third-order valence-corrected chi connectivity index (χ3v) is 5.68. The maximum absolute atomic E-state index is 13.0. The highest BCUT2D eigenvalue weighted by molar-refractivity contribution is 7.99. The van der Waals surface area contributed by atoms with Crippen molar-refractivity contribution in [3.05, 3.63) is 57.5 Å². The minimum absolute atomic E-state index is 0.0675. The molecule has 0 saturated carbocycles. The van der Waals surface area contributed by atoms with Crippen LogP contribution in [0.25, 0.3) is 0 Å². The van der Waals surface area contributed by atoms with Gasteiger partial charge in [0.05, 0.1) is 18.1 Å². The molecule has 1 aromatic heterocycles. The number of benzene rings is 1. The Morgan fingerprint density at radius 3 is 2.54 bits per heavy atom. The molecule has 0 bridgehead atoms. The predicted molar refractivity (Wildman–Crippen MR) is 113 cm³/mol. The summed E-state index contributed by atoms with van der Waals surface area (Å²) in [6, 6.07) is 9.91. The monoisotopic (exact) mass is 403 g/mol. The third-order valence-electron chi connectivity index (χ3n) is 4.65. The van der Waals surface area contributed by atoms with E-state index in [2.05, 4.69) is 24.1 Å². The zero-order valence-corrected chi connectivity index (χ0v) is 18.0. The third kappa shape index (κ3) is 5.94. The first-order valence-corrected chi connectivity index (χ1v) is 10.4. The Morgan fingerprint density at radius 1 is 1.25 bits per heavy atom. The minimum atomic E-state index is -0.107. The van der Waals surface area contributed by atoms with Crippen LogP contribution < -0.4 is 10.9 Å². The van der Waals surface area contributed by atoms with Crippen molar-refractivity contribution >= 4 is 17.7 Å². The summed E-state index contributed by atoms with van der Waals surface area (Å²) in [7, 11) is 3.27. The molecule has 0 spiro atoms. The highest BCUT2D eigenvalue weighted by atomic mass is 32.2. The number of aromatic nitrogens is 2. The lowest BCUT2D eigenvalue weighted by Crippen LogP contribution is -2.37. The lowest BCUT2D eigenvalue weighted by molar-refractivity contribution is -0.119. The Bertz CT molecular complexity index is 850. The average molecular weight is 404 g/mol. The van der Waals surface area contributed by atoms with Gasteiger partial charge < -0.3 is 10.1 Å². The average Bonchev–Trinajstić information content (AvgIpc) is 2.67. The molecular formula is C21H29N3O3S. The quantitative estimate of drug-likeness (QED) is 0.515. The molecule has 2 aromatic rings. The van der Waals surface area contributed by atoms with Crippen LogP contribution >= 0.6 is 11.8 Å². The SMILES string of the molecule is COCc1nc(SCC(=O)NC(C)C(C)C)n(C)c(=O)c1Cc1ccccc1. The normalized spacial score (nSPS) is 12.2. The molecule has 0 saturated heterocycles. The highest BCUT2D eigenvalue weighted by Gasteiger charge is 2.17. The second kappa shape index (κ2) is 10.4. The summed E-state index contributed by atoms with van der Waals surface area (Å²) >= 11 is 1.26. The summed E-state index contributed by atoms with van der Waals surface area (Å²) in [6.45, 7) is 6.36. The molecule has 0 fully saturated rings. The summed E-state index contributed by atoms with van der Waals surface area (Å²) in [5, 5.41) is 3.48. The molecule has 1 amide bonds. The molecule has 1 atom stereocenters. The fourth-order valence-electron chi connectivity index (χ4n) is 2.63. The smallest absolute Gasteiger partial charge is 0.257 e. The molecule has 0 aliphatic carbocycles. The van der Waals surface area contributed by atoms with Gasteiger partial charge in [0, 0.05) is 32.2 Å². The molecule has 2 rings (SSSR count). The van der Waals surface area contributed by atoms with E-state index in [1.165, 1.54) is 16.3 Å². The van der Waals surface area contributed by atoms with Crippen LogP contribution in [0.4, 0.5) is 0 Å². The maximum Gasteiger partial charge on any atom is 0.257 e. The van der Waals surface area contributed by atoms with Crippen molar-refractivity contribution in [3.63, 3.8) is 0 Å². The lowest BCUT2D eigenvalue weighted by atomic mass is 10.0. The van der Waals surface area contributed by atoms with Crippen LogP contribution in [-0.4, -0.2) is 34.4 Å². The van der Waals surface area contributed by atoms with Gasteiger partial charge in [-0.2, -0.15) is 0 Å². The van der Waals surface area contributed by atoms with Crippen LogP contribution in [0.15, 0.2) is 40.3 Å². The van der Waals surface area contributed by atoms with Gasteiger partial charge in [-0.25, -0.2) is 4.98 Å². The van der Waals surface area contributed by atoms with Gasteiger partial charge in [-0.15, -0.1) is 0 Å². The summed E-state index contributed by atoms with van der Waals surface area (Å²) in [5.74, 6) is 0.506. The van der Waals surface area contributed by atoms with E-state index in [0.29, 0.717) is 28.8 Å². The zero-order valence-electron chi connectivity index (χ0n) is 17.2. The molecule has 0 aliphatic rings. The van der Waals surface area contributed by atoms with Crippen LogP contribution in [0.1, 0.15) is 37.6 Å². The standard InChI is InChI=1S/C21H29N3O3S/c1-14(2)15(3)22-19(25)13-28-21-23-18(12-27-5)17(20(26)24(21)4)11-16-9-7-6-8-10-16/h6-10,14-15H,11-13H2,1-5H3,(H,22,25). The van der Waals surface area contributed by atoms with Gasteiger partial charge in [-0.1, -0.05) is 55.9 Å². The van der Waals surface area contributed by atoms with Gasteiger partial charge in [0.25, 0.3) is 5.56 Å². The van der Waals surface area contributed by atoms with Crippen LogP contribution in [0, 0.1) is 5.92 Å². The zero-order chi connectivity index (χ0) is 20.7. The molecule has 0 radical (unpaired) electrons. The number of thioether (sulfide) groups is 1. The number of carbonyl (C=O) groups excluding carboxylic acids is 1. The number of rotatable bonds is 9. The van der Waals surface area contributed by atoms with E-state index in [1.54, 1.807) is 14.2 Å². The predicted octanol–water partition coefficient (Wildman–Crippen LogP) is 2.77. The second-order valence-electron chi connectivity index (χ2n) is 7.17. The maximum atomic E-state index is 13.0. The first kappa shape index (κ1) is 22.2. The Kier molecular flexibility index (Phi) is 8.26. The molecule has 1 N–H and O–H groups in total. The van der Waals surface area contributed by atoms with E-state index in [9.17, 15) is 9.59 Å². The molecule has 6 nitrogen and oxygen atoms in total. The Hall–Kier alpha value is -2.12. The van der Waals surface area contributed by atoms with E-state index in [0.717, 1.165) is 5.56 Å². The number of nitrogens with one attached hydrogen (secondary N) is 1. The molecule has 1 heterocycles. The molecule has 0 aliphatic heterocycles. The Balaban J connectivity index is 2.22. The molecule has 1 aromatic carbocycles. The first-order valence-electron chi connectivity index (χ1n) is 9.37. The van der Waals surface area contributed by atoms with Gasteiger partial charge in [-0.3, -0.25) is 14.2 Å². The van der Waals surface area contributed by atoms with E-state index < -0.39 is 0 Å². The molecule has 28 heavy (non-hydrogen) atoms. The van der Waals surface area contributed by atoms with E-state index >= 15 is 0 Å². The Morgan fingerprint density at radius 2 is 1.93 bits per heavy atom. The summed E-state index contributed by atoms with van der Waals surface area (Å²) < 4.78 is 6.78. The van der Waals surface area contributed by atoms with Crippen LogP contribution in [0.3, 0.4) is 0 Å². The molecule has 152 valence electrons. The highest BCUT2D eigenvalue weighted by Crippen LogP contribution is 2.18. The van der Waals surface area contributed by atoms with Crippen molar-refractivity contribution in [2.24, 2.45) is 13.0 Å². The summed E-state index contributed by atoms with van der Waals surface area (Å²) in [6.07, 6.45) is 0.497. The number of amides is 1. The summed E-state index contributed by atoms with van der Waals surface area (Å²) in [4.78, 5) is 29.8. The topological polar surface area (TPSA) is 73.2 Å². The number of methoxy groups -OCH3 is 1. The van der Waals surface area contributed by atoms with Crippen molar-refractivity contribution in [3.8, 4) is 0 Å². The van der Waals surface area contributed by atoms with Crippen molar-refractivity contribution in [1.29, 1.82) is 0 Å². The molecule has 1 unspecified atom stereocenters. The fourth-order valence-corrected chi connectivity index (χ4v) is 3.42. The van der Waals surface area contributed by atoms with Crippen LogP contribution in [-0.2, 0) is 29.6 Å². The second-order valence-corrected chi connectivity index (χ2v) is 8.11.